The molecule has 1 aromatic rings. The zero-order valence-electron chi connectivity index (χ0n) is 10.8. The van der Waals surface area contributed by atoms with Gasteiger partial charge in [-0.05, 0) is 30.2 Å². The van der Waals surface area contributed by atoms with Gasteiger partial charge in [0.2, 0.25) is 0 Å². The maximum absolute atomic E-state index is 13.2. The second kappa shape index (κ2) is 4.96. The molecule has 0 heterocycles. The van der Waals surface area contributed by atoms with E-state index in [9.17, 15) is 13.6 Å². The summed E-state index contributed by atoms with van der Waals surface area (Å²) in [6.45, 7) is 3.51. The maximum Gasteiger partial charge on any atom is 0.398 e. The lowest BCUT2D eigenvalue weighted by Gasteiger charge is -2.09. The number of carbonyl (C=O) groups is 1. The van der Waals surface area contributed by atoms with Gasteiger partial charge in [-0.3, -0.25) is 0 Å². The lowest BCUT2D eigenvalue weighted by Crippen LogP contribution is -2.38. The monoisotopic (exact) mass is 266 g/mol. The minimum absolute atomic E-state index is 0.208. The van der Waals surface area contributed by atoms with Gasteiger partial charge in [-0.25, -0.2) is 13.6 Å². The number of halogens is 2. The van der Waals surface area contributed by atoms with Crippen LogP contribution in [-0.4, -0.2) is 18.1 Å². The predicted octanol–water partition coefficient (Wildman–Crippen LogP) is 2.72. The van der Waals surface area contributed by atoms with Crippen LogP contribution in [0.2, 0.25) is 0 Å². The molecule has 0 aromatic heterocycles. The van der Waals surface area contributed by atoms with Gasteiger partial charge in [-0.2, -0.15) is 0 Å². The molecule has 2 rings (SSSR count). The van der Waals surface area contributed by atoms with E-state index in [1.807, 2.05) is 0 Å². The average Bonchev–Trinajstić information content (AvgIpc) is 2.69. The zero-order chi connectivity index (χ0) is 14.0. The number of benzene rings is 1. The first-order valence-corrected chi connectivity index (χ1v) is 6.05. The minimum atomic E-state index is -1.13. The summed E-state index contributed by atoms with van der Waals surface area (Å²) < 4.78 is 31.5. The molecule has 3 nitrogen and oxygen atoms in total. The number of rotatable bonds is 2. The average molecular weight is 266 g/mol. The lowest BCUT2D eigenvalue weighted by atomic mass is 9.97. The van der Waals surface area contributed by atoms with Crippen molar-refractivity contribution in [2.75, 3.05) is 6.61 Å². The van der Waals surface area contributed by atoms with E-state index in [-0.39, 0.29) is 19.4 Å². The van der Waals surface area contributed by atoms with Crippen molar-refractivity contribution >= 4 is 5.97 Å². The zero-order valence-corrected chi connectivity index (χ0v) is 10.8. The minimum Gasteiger partial charge on any atom is -0.460 e. The van der Waals surface area contributed by atoms with Crippen LogP contribution in [0.3, 0.4) is 0 Å². The molecule has 0 fully saturated rings. The SMILES string of the molecule is CC#[N+]C1(C(=O)OCC)Cc2cc(F)c(F)cc2C1. The third-order valence-electron chi connectivity index (χ3n) is 3.19. The van der Waals surface area contributed by atoms with E-state index in [1.165, 1.54) is 0 Å². The fraction of sp³-hybridized carbons (Fsp3) is 0.429. The Labute approximate surface area is 110 Å². The van der Waals surface area contributed by atoms with Crippen molar-refractivity contribution in [3.05, 3.63) is 39.7 Å². The summed E-state index contributed by atoms with van der Waals surface area (Å²) >= 11 is 0. The Balaban J connectivity index is 2.41. The number of carbonyl (C=O) groups excluding carboxylic acids is 1. The van der Waals surface area contributed by atoms with E-state index in [1.54, 1.807) is 13.8 Å². The Morgan fingerprint density at radius 2 is 1.89 bits per heavy atom. The highest BCUT2D eigenvalue weighted by molar-refractivity contribution is 5.85. The quantitative estimate of drug-likeness (QED) is 0.770. The first-order valence-electron chi connectivity index (χ1n) is 6.05. The highest BCUT2D eigenvalue weighted by Gasteiger charge is 2.56. The Morgan fingerprint density at radius 1 is 1.37 bits per heavy atom. The van der Waals surface area contributed by atoms with Crippen molar-refractivity contribution in [1.29, 1.82) is 0 Å². The third kappa shape index (κ3) is 2.30. The molecule has 0 spiro atoms. The molecule has 1 aromatic carbocycles. The Morgan fingerprint density at radius 3 is 2.32 bits per heavy atom. The van der Waals surface area contributed by atoms with Gasteiger partial charge in [-0.1, -0.05) is 4.85 Å². The van der Waals surface area contributed by atoms with Crippen LogP contribution in [0.1, 0.15) is 25.0 Å². The largest absolute Gasteiger partial charge is 0.460 e. The molecule has 100 valence electrons. The predicted molar refractivity (Wildman–Crippen MR) is 66.1 cm³/mol. The molecule has 0 atom stereocenters. The molecule has 0 unspecified atom stereocenters. The van der Waals surface area contributed by atoms with E-state index in [0.29, 0.717) is 11.1 Å². The van der Waals surface area contributed by atoms with Crippen LogP contribution in [0.15, 0.2) is 12.1 Å². The van der Waals surface area contributed by atoms with E-state index >= 15 is 0 Å². The molecule has 0 amide bonds. The fourth-order valence-electron chi connectivity index (χ4n) is 2.40. The number of ether oxygens (including phenoxy) is 1. The lowest BCUT2D eigenvalue weighted by molar-refractivity contribution is -0.147. The maximum atomic E-state index is 13.2. The van der Waals surface area contributed by atoms with Gasteiger partial charge in [0.15, 0.2) is 11.6 Å². The number of hydrogen-bond donors (Lipinski definition) is 0. The molecular weight excluding hydrogens is 252 g/mol. The van der Waals surface area contributed by atoms with Crippen molar-refractivity contribution in [2.45, 2.75) is 32.2 Å². The molecule has 0 saturated heterocycles. The summed E-state index contributed by atoms with van der Waals surface area (Å²) in [4.78, 5) is 16.1. The van der Waals surface area contributed by atoms with E-state index in [0.717, 1.165) is 12.1 Å². The van der Waals surface area contributed by atoms with Crippen molar-refractivity contribution in [1.82, 2.24) is 0 Å². The summed E-state index contributed by atoms with van der Waals surface area (Å²) in [7, 11) is 0. The molecule has 0 radical (unpaired) electrons. The normalized spacial score (nSPS) is 15.4. The molecular formula is C14H14F2NO2+. The molecule has 0 saturated carbocycles. The molecule has 19 heavy (non-hydrogen) atoms. The van der Waals surface area contributed by atoms with Crippen LogP contribution < -0.4 is 0 Å². The van der Waals surface area contributed by atoms with Crippen molar-refractivity contribution < 1.29 is 18.3 Å². The summed E-state index contributed by atoms with van der Waals surface area (Å²) in [6, 6.07) is 4.83. The van der Waals surface area contributed by atoms with Gasteiger partial charge in [0.25, 0.3) is 6.07 Å². The standard InChI is InChI=1S/C14H14F2NO2/c1-3-17-14(13(18)19-4-2)7-9-5-11(15)12(16)6-10(9)8-14/h5-6H,4,7-8H2,1-2H3/q+1. The topological polar surface area (TPSA) is 30.7 Å². The smallest absolute Gasteiger partial charge is 0.398 e. The summed E-state index contributed by atoms with van der Waals surface area (Å²) in [5.41, 5.74) is 0.0461. The van der Waals surface area contributed by atoms with E-state index in [4.69, 9.17) is 4.74 Å². The van der Waals surface area contributed by atoms with E-state index in [2.05, 4.69) is 10.9 Å². The van der Waals surface area contributed by atoms with Gasteiger partial charge >= 0.3 is 11.5 Å². The Bertz CT molecular complexity index is 556. The Hall–Kier alpha value is -1.96. The number of esters is 1. The van der Waals surface area contributed by atoms with Crippen molar-refractivity contribution in [3.8, 4) is 6.07 Å². The number of nitrogens with zero attached hydrogens (tertiary/aromatic N) is 1. The van der Waals surface area contributed by atoms with Gasteiger partial charge in [0.1, 0.15) is 0 Å². The van der Waals surface area contributed by atoms with E-state index < -0.39 is 23.1 Å². The first-order chi connectivity index (χ1) is 9.02. The molecule has 0 N–H and O–H groups in total. The van der Waals surface area contributed by atoms with Crippen LogP contribution in [0.5, 0.6) is 0 Å². The van der Waals surface area contributed by atoms with Crippen molar-refractivity contribution in [2.24, 2.45) is 0 Å². The van der Waals surface area contributed by atoms with Crippen molar-refractivity contribution in [3.63, 3.8) is 0 Å². The van der Waals surface area contributed by atoms with Crippen LogP contribution in [0.25, 0.3) is 4.85 Å². The van der Waals surface area contributed by atoms with Gasteiger partial charge in [-0.15, -0.1) is 0 Å². The van der Waals surface area contributed by atoms with Gasteiger partial charge in [0, 0.05) is 0 Å². The van der Waals surface area contributed by atoms with Crippen LogP contribution >= 0.6 is 0 Å². The fourth-order valence-corrected chi connectivity index (χ4v) is 2.40. The summed E-state index contributed by atoms with van der Waals surface area (Å²) in [6.07, 6.45) is 0.415. The highest BCUT2D eigenvalue weighted by Crippen LogP contribution is 2.35. The summed E-state index contributed by atoms with van der Waals surface area (Å²) in [5.74, 6) is -2.31. The van der Waals surface area contributed by atoms with Gasteiger partial charge < -0.3 is 4.74 Å². The third-order valence-corrected chi connectivity index (χ3v) is 3.19. The van der Waals surface area contributed by atoms with Crippen LogP contribution in [0, 0.1) is 17.7 Å². The molecule has 1 aliphatic rings. The number of fused-ring (bicyclic) bond motifs is 1. The van der Waals surface area contributed by atoms with Crippen LogP contribution in [0.4, 0.5) is 8.78 Å². The molecule has 5 heteroatoms. The second-order valence-electron chi connectivity index (χ2n) is 4.48. The molecule has 0 aliphatic heterocycles. The summed E-state index contributed by atoms with van der Waals surface area (Å²) in [5, 5.41) is 0. The Kier molecular flexibility index (Phi) is 3.52. The molecule has 0 bridgehead atoms. The highest BCUT2D eigenvalue weighted by atomic mass is 19.2. The first kappa shape index (κ1) is 13.5. The number of hydrogen-bond acceptors (Lipinski definition) is 2. The molecule has 1 aliphatic carbocycles. The van der Waals surface area contributed by atoms with Gasteiger partial charge in [0.05, 0.1) is 26.4 Å². The van der Waals surface area contributed by atoms with Crippen LogP contribution in [-0.2, 0) is 22.4 Å². The second-order valence-corrected chi connectivity index (χ2v) is 4.48.